The van der Waals surface area contributed by atoms with Crippen molar-refractivity contribution in [2.75, 3.05) is 38.7 Å². The molecule has 1 aliphatic rings. The molecule has 1 N–H and O–H groups in total. The fourth-order valence-electron chi connectivity index (χ4n) is 1.87. The van der Waals surface area contributed by atoms with Crippen LogP contribution in [0.15, 0.2) is 0 Å². The Balaban J connectivity index is 2.34. The maximum absolute atomic E-state index is 11.0. The number of hydrogen-bond acceptors (Lipinski definition) is 4. The molecule has 0 amide bonds. The topological polar surface area (TPSA) is 49.4 Å². The van der Waals surface area contributed by atoms with Gasteiger partial charge in [-0.1, -0.05) is 6.42 Å². The lowest BCUT2D eigenvalue weighted by Gasteiger charge is -2.26. The molecule has 5 heteroatoms. The lowest BCUT2D eigenvalue weighted by molar-refractivity contribution is 0.243. The predicted molar refractivity (Wildman–Crippen MR) is 62.8 cm³/mol. The van der Waals surface area contributed by atoms with Crippen molar-refractivity contribution in [3.05, 3.63) is 0 Å². The lowest BCUT2D eigenvalue weighted by atomic mass is 10.1. The van der Waals surface area contributed by atoms with E-state index >= 15 is 0 Å². The molecule has 1 aliphatic heterocycles. The Kier molecular flexibility index (Phi) is 5.02. The SMILES string of the molecule is CN(CCS(C)(=O)=O)C1CCCCNC1. The molecule has 90 valence electrons. The molecule has 1 saturated heterocycles. The second-order valence-corrected chi connectivity index (χ2v) is 6.72. The third-order valence-electron chi connectivity index (χ3n) is 2.96. The van der Waals surface area contributed by atoms with Gasteiger partial charge in [-0.2, -0.15) is 0 Å². The summed E-state index contributed by atoms with van der Waals surface area (Å²) in [5, 5.41) is 3.38. The highest BCUT2D eigenvalue weighted by atomic mass is 32.2. The molecule has 1 atom stereocenters. The summed E-state index contributed by atoms with van der Waals surface area (Å²) in [6.45, 7) is 2.72. The summed E-state index contributed by atoms with van der Waals surface area (Å²) in [6, 6.07) is 0.495. The zero-order valence-electron chi connectivity index (χ0n) is 9.70. The lowest BCUT2D eigenvalue weighted by Crippen LogP contribution is -2.40. The Labute approximate surface area is 93.0 Å². The number of sulfone groups is 1. The molecule has 0 aliphatic carbocycles. The Morgan fingerprint density at radius 3 is 2.80 bits per heavy atom. The third kappa shape index (κ3) is 5.49. The van der Waals surface area contributed by atoms with Crippen molar-refractivity contribution >= 4 is 9.84 Å². The quantitative estimate of drug-likeness (QED) is 0.750. The van der Waals surface area contributed by atoms with E-state index in [1.807, 2.05) is 7.05 Å². The molecule has 4 nitrogen and oxygen atoms in total. The fraction of sp³-hybridized carbons (Fsp3) is 1.00. The van der Waals surface area contributed by atoms with Gasteiger partial charge < -0.3 is 10.2 Å². The summed E-state index contributed by atoms with van der Waals surface area (Å²) >= 11 is 0. The zero-order chi connectivity index (χ0) is 11.3. The van der Waals surface area contributed by atoms with Crippen molar-refractivity contribution < 1.29 is 8.42 Å². The van der Waals surface area contributed by atoms with Crippen LogP contribution in [0.1, 0.15) is 19.3 Å². The first-order chi connectivity index (χ1) is 6.99. The molecule has 0 saturated carbocycles. The molecule has 0 radical (unpaired) electrons. The van der Waals surface area contributed by atoms with Gasteiger partial charge in [-0.15, -0.1) is 0 Å². The van der Waals surface area contributed by atoms with Gasteiger partial charge in [-0.05, 0) is 26.4 Å². The van der Waals surface area contributed by atoms with Gasteiger partial charge >= 0.3 is 0 Å². The van der Waals surface area contributed by atoms with Gasteiger partial charge in [0.05, 0.1) is 5.75 Å². The van der Waals surface area contributed by atoms with E-state index < -0.39 is 9.84 Å². The van der Waals surface area contributed by atoms with Gasteiger partial charge in [0.1, 0.15) is 9.84 Å². The van der Waals surface area contributed by atoms with E-state index in [0.29, 0.717) is 12.6 Å². The number of likely N-dealkylation sites (N-methyl/N-ethyl adjacent to an activating group) is 1. The van der Waals surface area contributed by atoms with Crippen molar-refractivity contribution in [3.63, 3.8) is 0 Å². The Morgan fingerprint density at radius 1 is 1.40 bits per heavy atom. The highest BCUT2D eigenvalue weighted by molar-refractivity contribution is 7.90. The van der Waals surface area contributed by atoms with E-state index in [4.69, 9.17) is 0 Å². The van der Waals surface area contributed by atoms with Crippen LogP contribution >= 0.6 is 0 Å². The van der Waals surface area contributed by atoms with E-state index in [1.165, 1.54) is 25.5 Å². The van der Waals surface area contributed by atoms with Crippen LogP contribution in [0.4, 0.5) is 0 Å². The highest BCUT2D eigenvalue weighted by Gasteiger charge is 2.17. The van der Waals surface area contributed by atoms with E-state index in [9.17, 15) is 8.42 Å². The van der Waals surface area contributed by atoms with Crippen LogP contribution < -0.4 is 5.32 Å². The van der Waals surface area contributed by atoms with Crippen molar-refractivity contribution in [1.82, 2.24) is 10.2 Å². The zero-order valence-corrected chi connectivity index (χ0v) is 10.5. The van der Waals surface area contributed by atoms with Gasteiger partial charge in [-0.3, -0.25) is 0 Å². The van der Waals surface area contributed by atoms with Crippen molar-refractivity contribution in [2.45, 2.75) is 25.3 Å². The van der Waals surface area contributed by atoms with E-state index in [0.717, 1.165) is 13.1 Å². The van der Waals surface area contributed by atoms with Crippen LogP contribution in [0.2, 0.25) is 0 Å². The molecule has 0 bridgehead atoms. The molecular weight excluding hydrogens is 212 g/mol. The minimum Gasteiger partial charge on any atom is -0.315 e. The van der Waals surface area contributed by atoms with Crippen LogP contribution in [-0.2, 0) is 9.84 Å². The molecule has 1 heterocycles. The second-order valence-electron chi connectivity index (χ2n) is 4.46. The first-order valence-electron chi connectivity index (χ1n) is 5.58. The first-order valence-corrected chi connectivity index (χ1v) is 7.64. The van der Waals surface area contributed by atoms with Crippen molar-refractivity contribution in [3.8, 4) is 0 Å². The van der Waals surface area contributed by atoms with Crippen LogP contribution in [0, 0.1) is 0 Å². The standard InChI is InChI=1S/C10H22N2O2S/c1-12(7-8-15(2,13)14)10-5-3-4-6-11-9-10/h10-11H,3-9H2,1-2H3. The Morgan fingerprint density at radius 2 is 2.13 bits per heavy atom. The number of nitrogens with one attached hydrogen (secondary N) is 1. The molecule has 1 fully saturated rings. The average Bonchev–Trinajstić information content (AvgIpc) is 2.41. The van der Waals surface area contributed by atoms with Crippen LogP contribution in [-0.4, -0.2) is 58.1 Å². The molecule has 0 spiro atoms. The summed E-state index contributed by atoms with van der Waals surface area (Å²) in [5.41, 5.74) is 0. The summed E-state index contributed by atoms with van der Waals surface area (Å²) in [4.78, 5) is 2.17. The minimum absolute atomic E-state index is 0.264. The average molecular weight is 234 g/mol. The highest BCUT2D eigenvalue weighted by Crippen LogP contribution is 2.09. The van der Waals surface area contributed by atoms with Crippen LogP contribution in [0.3, 0.4) is 0 Å². The van der Waals surface area contributed by atoms with E-state index in [1.54, 1.807) is 0 Å². The smallest absolute Gasteiger partial charge is 0.148 e. The summed E-state index contributed by atoms with van der Waals surface area (Å²) in [6.07, 6.45) is 4.94. The first kappa shape index (κ1) is 12.9. The van der Waals surface area contributed by atoms with E-state index in [2.05, 4.69) is 10.2 Å². The van der Waals surface area contributed by atoms with Gasteiger partial charge in [0, 0.05) is 25.4 Å². The Bertz CT molecular complexity index is 269. The van der Waals surface area contributed by atoms with Gasteiger partial charge in [0.2, 0.25) is 0 Å². The van der Waals surface area contributed by atoms with Gasteiger partial charge in [0.15, 0.2) is 0 Å². The largest absolute Gasteiger partial charge is 0.315 e. The molecule has 1 unspecified atom stereocenters. The maximum Gasteiger partial charge on any atom is 0.148 e. The van der Waals surface area contributed by atoms with Gasteiger partial charge in [-0.25, -0.2) is 8.42 Å². The number of nitrogens with zero attached hydrogens (tertiary/aromatic N) is 1. The monoisotopic (exact) mass is 234 g/mol. The number of hydrogen-bond donors (Lipinski definition) is 1. The van der Waals surface area contributed by atoms with Crippen LogP contribution in [0.5, 0.6) is 0 Å². The number of rotatable bonds is 4. The minimum atomic E-state index is -2.83. The second kappa shape index (κ2) is 5.82. The maximum atomic E-state index is 11.0. The fourth-order valence-corrected chi connectivity index (χ4v) is 2.49. The molecule has 15 heavy (non-hydrogen) atoms. The predicted octanol–water partition coefficient (Wildman–Crippen LogP) is 0.105. The molecule has 0 aromatic heterocycles. The molecular formula is C10H22N2O2S. The van der Waals surface area contributed by atoms with Crippen LogP contribution in [0.25, 0.3) is 0 Å². The van der Waals surface area contributed by atoms with Crippen molar-refractivity contribution in [1.29, 1.82) is 0 Å². The van der Waals surface area contributed by atoms with Gasteiger partial charge in [0.25, 0.3) is 0 Å². The van der Waals surface area contributed by atoms with Crippen molar-refractivity contribution in [2.24, 2.45) is 0 Å². The molecule has 0 aromatic carbocycles. The van der Waals surface area contributed by atoms with E-state index in [-0.39, 0.29) is 5.75 Å². The third-order valence-corrected chi connectivity index (χ3v) is 3.88. The molecule has 1 rings (SSSR count). The summed E-state index contributed by atoms with van der Waals surface area (Å²) in [7, 11) is -0.812. The molecule has 0 aromatic rings. The Hall–Kier alpha value is -0.130. The summed E-state index contributed by atoms with van der Waals surface area (Å²) < 4.78 is 22.1. The normalized spacial score (nSPS) is 24.1. The summed E-state index contributed by atoms with van der Waals surface area (Å²) in [5.74, 6) is 0.264.